The summed E-state index contributed by atoms with van der Waals surface area (Å²) in [5.74, 6) is 0. The van der Waals surface area contributed by atoms with Gasteiger partial charge < -0.3 is 10.1 Å². The van der Waals surface area contributed by atoms with Crippen LogP contribution in [0.4, 0.5) is 0 Å². The lowest BCUT2D eigenvalue weighted by Gasteiger charge is -2.29. The monoisotopic (exact) mass is 380 g/mol. The Bertz CT molecular complexity index is 714. The van der Waals surface area contributed by atoms with Gasteiger partial charge in [0.05, 0.1) is 6.54 Å². The Morgan fingerprint density at radius 3 is 2.52 bits per heavy atom. The number of H-pyrrole nitrogens is 1. The van der Waals surface area contributed by atoms with E-state index in [1.165, 1.54) is 6.33 Å². The zero-order valence-electron chi connectivity index (χ0n) is 14.1. The summed E-state index contributed by atoms with van der Waals surface area (Å²) in [5, 5.41) is 16.1. The maximum atomic E-state index is 11.0. The Balaban J connectivity index is 0.000000386. The molecule has 2 N–H and O–H groups in total. The Labute approximate surface area is 157 Å². The van der Waals surface area contributed by atoms with Gasteiger partial charge in [-0.05, 0) is 30.7 Å². The second kappa shape index (κ2) is 9.61. The number of unbranched alkanes of at least 4 members (excludes halogenated alkanes) is 1. The molecule has 7 heteroatoms. The van der Waals surface area contributed by atoms with E-state index in [2.05, 4.69) is 22.0 Å². The van der Waals surface area contributed by atoms with Crippen molar-refractivity contribution in [2.45, 2.75) is 38.3 Å². The molecule has 25 heavy (non-hydrogen) atoms. The van der Waals surface area contributed by atoms with Gasteiger partial charge in [0.15, 0.2) is 0 Å². The highest BCUT2D eigenvalue weighted by Gasteiger charge is 2.31. The Morgan fingerprint density at radius 1 is 1.24 bits per heavy atom. The molecule has 3 aromatic rings. The normalized spacial score (nSPS) is 13.0. The lowest BCUT2D eigenvalue weighted by atomic mass is 9.88. The van der Waals surface area contributed by atoms with Crippen molar-refractivity contribution in [3.8, 4) is 0 Å². The number of hydrogen-bond acceptors (Lipinski definition) is 3. The van der Waals surface area contributed by atoms with Crippen LogP contribution >= 0.6 is 23.2 Å². The summed E-state index contributed by atoms with van der Waals surface area (Å²) >= 11 is 12.2. The number of hydrogen-bond donors (Lipinski definition) is 2. The molecule has 0 saturated heterocycles. The molecule has 1 atom stereocenters. The van der Waals surface area contributed by atoms with E-state index in [4.69, 9.17) is 23.2 Å². The number of nitrogens with zero attached hydrogens (tertiary/aromatic N) is 3. The molecule has 0 aliphatic rings. The van der Waals surface area contributed by atoms with Gasteiger partial charge in [0.25, 0.3) is 0 Å². The van der Waals surface area contributed by atoms with Crippen molar-refractivity contribution >= 4 is 23.2 Å². The molecule has 2 heterocycles. The summed E-state index contributed by atoms with van der Waals surface area (Å²) in [6.45, 7) is 2.40. The molecule has 1 unspecified atom stereocenters. The van der Waals surface area contributed by atoms with Gasteiger partial charge in [0.1, 0.15) is 18.3 Å². The van der Waals surface area contributed by atoms with Gasteiger partial charge in [-0.25, -0.2) is 9.67 Å². The number of nitrogens with one attached hydrogen (secondary N) is 1. The summed E-state index contributed by atoms with van der Waals surface area (Å²) < 4.78 is 1.61. The van der Waals surface area contributed by atoms with Crippen molar-refractivity contribution in [2.75, 3.05) is 0 Å². The van der Waals surface area contributed by atoms with E-state index in [1.807, 2.05) is 24.5 Å². The lowest BCUT2D eigenvalue weighted by molar-refractivity contribution is 0.00429. The number of rotatable bonds is 6. The fourth-order valence-electron chi connectivity index (χ4n) is 2.50. The first-order valence-electron chi connectivity index (χ1n) is 8.13. The molecular weight excluding hydrogens is 359 g/mol. The summed E-state index contributed by atoms with van der Waals surface area (Å²) in [5.41, 5.74) is -0.404. The van der Waals surface area contributed by atoms with Crippen LogP contribution in [0, 0.1) is 0 Å². The van der Waals surface area contributed by atoms with Crippen molar-refractivity contribution < 1.29 is 5.11 Å². The van der Waals surface area contributed by atoms with Crippen LogP contribution in [0.1, 0.15) is 31.7 Å². The molecule has 0 amide bonds. The van der Waals surface area contributed by atoms with Gasteiger partial charge >= 0.3 is 0 Å². The van der Waals surface area contributed by atoms with Crippen LogP contribution in [-0.4, -0.2) is 24.9 Å². The maximum Gasteiger partial charge on any atom is 0.137 e. The quantitative estimate of drug-likeness (QED) is 0.652. The van der Waals surface area contributed by atoms with Crippen LogP contribution in [-0.2, 0) is 12.1 Å². The van der Waals surface area contributed by atoms with Gasteiger partial charge in [-0.1, -0.05) is 49.0 Å². The Kier molecular flexibility index (Phi) is 7.50. The minimum absolute atomic E-state index is 0.314. The van der Waals surface area contributed by atoms with Gasteiger partial charge in [-0.3, -0.25) is 0 Å². The fraction of sp³-hybridized carbons (Fsp3) is 0.333. The average Bonchev–Trinajstić information content (AvgIpc) is 3.29. The lowest BCUT2D eigenvalue weighted by Crippen LogP contribution is -2.32. The van der Waals surface area contributed by atoms with Gasteiger partial charge in [0, 0.05) is 28.0 Å². The minimum Gasteiger partial charge on any atom is -0.383 e. The predicted octanol–water partition coefficient (Wildman–Crippen LogP) is 4.68. The van der Waals surface area contributed by atoms with Crippen molar-refractivity contribution in [3.63, 3.8) is 0 Å². The van der Waals surface area contributed by atoms with E-state index < -0.39 is 5.60 Å². The maximum absolute atomic E-state index is 11.0. The minimum atomic E-state index is -1.08. The van der Waals surface area contributed by atoms with E-state index in [-0.39, 0.29) is 0 Å². The standard InChI is InChI=1S/C14H17Cl2N3O.C4H5N/c1-2-3-6-14(20,8-19-10-17-9-18-19)12-5-4-11(15)7-13(12)16;1-2-4-5-3-1/h4-5,7,9-10,20H,2-3,6,8H2,1H3;1-5H. The SMILES string of the molecule is CCCCC(O)(Cn1cncn1)c1ccc(Cl)cc1Cl.c1cc[nH]c1. The molecule has 0 radical (unpaired) electrons. The highest BCUT2D eigenvalue weighted by Crippen LogP contribution is 2.35. The number of aromatic nitrogens is 4. The molecule has 3 rings (SSSR count). The van der Waals surface area contributed by atoms with Crippen molar-refractivity contribution in [2.24, 2.45) is 0 Å². The van der Waals surface area contributed by atoms with Crippen molar-refractivity contribution in [1.29, 1.82) is 0 Å². The molecule has 5 nitrogen and oxygen atoms in total. The second-order valence-electron chi connectivity index (χ2n) is 5.74. The molecule has 0 spiro atoms. The van der Waals surface area contributed by atoms with Crippen molar-refractivity contribution in [3.05, 3.63) is 71.0 Å². The third kappa shape index (κ3) is 5.88. The Morgan fingerprint density at radius 2 is 2.00 bits per heavy atom. The number of aliphatic hydroxyl groups is 1. The summed E-state index contributed by atoms with van der Waals surface area (Å²) in [6.07, 6.45) is 9.27. The summed E-state index contributed by atoms with van der Waals surface area (Å²) in [6, 6.07) is 9.05. The molecule has 0 aliphatic heterocycles. The van der Waals surface area contributed by atoms with Gasteiger partial charge in [-0.2, -0.15) is 5.10 Å². The first kappa shape index (κ1) is 19.5. The van der Waals surface area contributed by atoms with Crippen molar-refractivity contribution in [1.82, 2.24) is 19.7 Å². The first-order chi connectivity index (χ1) is 12.0. The van der Waals surface area contributed by atoms with Gasteiger partial charge in [-0.15, -0.1) is 0 Å². The molecule has 2 aromatic heterocycles. The number of benzene rings is 1. The van der Waals surface area contributed by atoms with E-state index in [9.17, 15) is 5.11 Å². The van der Waals surface area contributed by atoms with Crippen LogP contribution in [0.2, 0.25) is 10.0 Å². The molecule has 1 aromatic carbocycles. The largest absolute Gasteiger partial charge is 0.383 e. The highest BCUT2D eigenvalue weighted by atomic mass is 35.5. The molecule has 0 aliphatic carbocycles. The highest BCUT2D eigenvalue weighted by molar-refractivity contribution is 6.35. The summed E-state index contributed by atoms with van der Waals surface area (Å²) in [7, 11) is 0. The van der Waals surface area contributed by atoms with Crippen LogP contribution in [0.5, 0.6) is 0 Å². The molecule has 134 valence electrons. The average molecular weight is 381 g/mol. The first-order valence-corrected chi connectivity index (χ1v) is 8.89. The van der Waals surface area contributed by atoms with Gasteiger partial charge in [0.2, 0.25) is 0 Å². The van der Waals surface area contributed by atoms with Crippen LogP contribution in [0.15, 0.2) is 55.4 Å². The molecule has 0 saturated carbocycles. The zero-order chi connectivity index (χ0) is 18.1. The number of halogens is 2. The zero-order valence-corrected chi connectivity index (χ0v) is 15.6. The Hall–Kier alpha value is -1.82. The molecule has 0 fully saturated rings. The summed E-state index contributed by atoms with van der Waals surface area (Å²) in [4.78, 5) is 6.76. The molecule has 0 bridgehead atoms. The third-order valence-corrected chi connectivity index (χ3v) is 4.31. The predicted molar refractivity (Wildman–Crippen MR) is 101 cm³/mol. The van der Waals surface area contributed by atoms with Crippen LogP contribution in [0.3, 0.4) is 0 Å². The topological polar surface area (TPSA) is 66.7 Å². The van der Waals surface area contributed by atoms with E-state index in [1.54, 1.807) is 29.2 Å². The fourth-order valence-corrected chi connectivity index (χ4v) is 3.08. The molecular formula is C18H22Cl2N4O. The van der Waals surface area contributed by atoms with E-state index >= 15 is 0 Å². The van der Waals surface area contributed by atoms with E-state index in [0.717, 1.165) is 12.8 Å². The van der Waals surface area contributed by atoms with Crippen LogP contribution in [0.25, 0.3) is 0 Å². The third-order valence-electron chi connectivity index (χ3n) is 3.76. The second-order valence-corrected chi connectivity index (χ2v) is 6.58. The number of aromatic amines is 1. The van der Waals surface area contributed by atoms with E-state index in [0.29, 0.717) is 28.6 Å². The van der Waals surface area contributed by atoms with Crippen LogP contribution < -0.4 is 0 Å². The smallest absolute Gasteiger partial charge is 0.137 e.